The normalized spacial score (nSPS) is 17.9. The molecule has 1 aliphatic rings. The lowest BCUT2D eigenvalue weighted by molar-refractivity contribution is -0.137. The summed E-state index contributed by atoms with van der Waals surface area (Å²) in [5.74, 6) is 0.675. The van der Waals surface area contributed by atoms with Crippen molar-refractivity contribution in [2.75, 3.05) is 18.4 Å². The number of hydrogen-bond donors (Lipinski definition) is 1. The number of hydrogen-bond acceptors (Lipinski definition) is 4. The van der Waals surface area contributed by atoms with Crippen molar-refractivity contribution in [1.29, 1.82) is 5.26 Å². The predicted octanol–water partition coefficient (Wildman–Crippen LogP) is 3.97. The minimum Gasteiger partial charge on any atom is -0.366 e. The van der Waals surface area contributed by atoms with E-state index in [2.05, 4.69) is 21.3 Å². The lowest BCUT2D eigenvalue weighted by Crippen LogP contribution is -2.26. The minimum atomic E-state index is -4.30. The smallest absolute Gasteiger partial charge is 0.366 e. The number of nitrogens with one attached hydrogen (secondary N) is 1. The van der Waals surface area contributed by atoms with E-state index in [0.717, 1.165) is 42.8 Å². The van der Waals surface area contributed by atoms with Crippen LogP contribution in [-0.4, -0.2) is 29.0 Å². The summed E-state index contributed by atoms with van der Waals surface area (Å²) >= 11 is 0. The van der Waals surface area contributed by atoms with Crippen LogP contribution in [0.1, 0.15) is 28.8 Å². The number of nitrogens with zero attached hydrogens (tertiary/aromatic N) is 3. The zero-order valence-electron chi connectivity index (χ0n) is 14.3. The van der Waals surface area contributed by atoms with E-state index in [-0.39, 0.29) is 6.04 Å². The molecule has 0 radical (unpaired) electrons. The van der Waals surface area contributed by atoms with Gasteiger partial charge in [-0.05, 0) is 42.7 Å². The maximum atomic E-state index is 12.6. The molecule has 1 aliphatic heterocycles. The molecule has 4 nitrogen and oxygen atoms in total. The molecule has 26 heavy (non-hydrogen) atoms. The molecule has 1 saturated heterocycles. The number of pyridine rings is 1. The number of halogens is 3. The number of benzene rings is 1. The molecule has 136 valence electrons. The first kappa shape index (κ1) is 18.2. The highest BCUT2D eigenvalue weighted by Crippen LogP contribution is 2.29. The predicted molar refractivity (Wildman–Crippen MR) is 92.4 cm³/mol. The Kier molecular flexibility index (Phi) is 5.14. The van der Waals surface area contributed by atoms with Crippen molar-refractivity contribution in [2.45, 2.75) is 32.1 Å². The molecule has 0 bridgehead atoms. The number of aryl methyl sites for hydroxylation is 1. The van der Waals surface area contributed by atoms with Crippen LogP contribution in [-0.2, 0) is 12.7 Å². The molecular weight excluding hydrogens is 341 g/mol. The van der Waals surface area contributed by atoms with Gasteiger partial charge >= 0.3 is 6.18 Å². The third-order valence-corrected chi connectivity index (χ3v) is 4.51. The number of likely N-dealkylation sites (tertiary alicyclic amines) is 1. The summed E-state index contributed by atoms with van der Waals surface area (Å²) in [7, 11) is 0. The zero-order valence-corrected chi connectivity index (χ0v) is 14.3. The highest BCUT2D eigenvalue weighted by molar-refractivity contribution is 5.43. The molecule has 3 rings (SSSR count). The Balaban J connectivity index is 1.56. The SMILES string of the molecule is Cc1ccc(NC2CCN(Cc3ccc(C(F)(F)F)cc3)C2)nc1C#N. The minimum absolute atomic E-state index is 0.200. The average molecular weight is 360 g/mol. The van der Waals surface area contributed by atoms with Gasteiger partial charge < -0.3 is 5.32 Å². The van der Waals surface area contributed by atoms with E-state index >= 15 is 0 Å². The standard InChI is InChI=1S/C19H19F3N4/c1-13-2-7-18(25-17(13)10-23)24-16-8-9-26(12-16)11-14-3-5-15(6-4-14)19(20,21)22/h2-7,16H,8-9,11-12H2,1H3,(H,24,25). The number of anilines is 1. The van der Waals surface area contributed by atoms with Crippen LogP contribution < -0.4 is 5.32 Å². The van der Waals surface area contributed by atoms with Crippen molar-refractivity contribution in [1.82, 2.24) is 9.88 Å². The van der Waals surface area contributed by atoms with Crippen LogP contribution in [0.5, 0.6) is 0 Å². The van der Waals surface area contributed by atoms with Crippen LogP contribution >= 0.6 is 0 Å². The van der Waals surface area contributed by atoms with Crippen molar-refractivity contribution in [2.24, 2.45) is 0 Å². The van der Waals surface area contributed by atoms with Crippen molar-refractivity contribution in [3.63, 3.8) is 0 Å². The summed E-state index contributed by atoms with van der Waals surface area (Å²) in [5.41, 5.74) is 1.49. The maximum Gasteiger partial charge on any atom is 0.416 e. The third-order valence-electron chi connectivity index (χ3n) is 4.51. The van der Waals surface area contributed by atoms with E-state index in [0.29, 0.717) is 18.1 Å². The molecule has 0 aliphatic carbocycles. The van der Waals surface area contributed by atoms with Crippen LogP contribution in [0.3, 0.4) is 0 Å². The monoisotopic (exact) mass is 360 g/mol. The molecule has 1 unspecified atom stereocenters. The highest BCUT2D eigenvalue weighted by atomic mass is 19.4. The summed E-state index contributed by atoms with van der Waals surface area (Å²) in [6.07, 6.45) is -3.39. The Labute approximate surface area is 150 Å². The number of aromatic nitrogens is 1. The molecule has 2 heterocycles. The van der Waals surface area contributed by atoms with Gasteiger partial charge in [0.1, 0.15) is 17.6 Å². The average Bonchev–Trinajstić information content (AvgIpc) is 3.03. The Hall–Kier alpha value is -2.59. The lowest BCUT2D eigenvalue weighted by atomic mass is 10.1. The van der Waals surface area contributed by atoms with Crippen molar-refractivity contribution in [3.05, 3.63) is 58.8 Å². The molecule has 0 saturated carbocycles. The van der Waals surface area contributed by atoms with Gasteiger partial charge in [0, 0.05) is 25.7 Å². The van der Waals surface area contributed by atoms with Crippen molar-refractivity contribution in [3.8, 4) is 6.07 Å². The van der Waals surface area contributed by atoms with Crippen LogP contribution in [0.15, 0.2) is 36.4 Å². The summed E-state index contributed by atoms with van der Waals surface area (Å²) in [6.45, 7) is 4.09. The first-order valence-electron chi connectivity index (χ1n) is 8.38. The van der Waals surface area contributed by atoms with Gasteiger partial charge in [-0.25, -0.2) is 4.98 Å². The summed E-state index contributed by atoms with van der Waals surface area (Å²) in [4.78, 5) is 6.49. The van der Waals surface area contributed by atoms with Crippen LogP contribution in [0, 0.1) is 18.3 Å². The van der Waals surface area contributed by atoms with Crippen LogP contribution in [0.25, 0.3) is 0 Å². The summed E-state index contributed by atoms with van der Waals surface area (Å²) < 4.78 is 37.9. The Morgan fingerprint density at radius 3 is 2.62 bits per heavy atom. The fourth-order valence-electron chi connectivity index (χ4n) is 3.08. The van der Waals surface area contributed by atoms with E-state index in [1.165, 1.54) is 12.1 Å². The Bertz CT molecular complexity index is 809. The number of rotatable bonds is 4. The largest absolute Gasteiger partial charge is 0.416 e. The second-order valence-electron chi connectivity index (χ2n) is 6.53. The zero-order chi connectivity index (χ0) is 18.7. The molecule has 1 aromatic carbocycles. The molecule has 1 N–H and O–H groups in total. The van der Waals surface area contributed by atoms with E-state index in [1.54, 1.807) is 0 Å². The maximum absolute atomic E-state index is 12.6. The quantitative estimate of drug-likeness (QED) is 0.896. The lowest BCUT2D eigenvalue weighted by Gasteiger charge is -2.17. The molecular formula is C19H19F3N4. The van der Waals surface area contributed by atoms with Crippen molar-refractivity contribution >= 4 is 5.82 Å². The summed E-state index contributed by atoms with van der Waals surface area (Å²) in [6, 6.07) is 11.3. The second kappa shape index (κ2) is 7.34. The van der Waals surface area contributed by atoms with Crippen LogP contribution in [0.2, 0.25) is 0 Å². The van der Waals surface area contributed by atoms with E-state index in [9.17, 15) is 13.2 Å². The molecule has 0 spiro atoms. The molecule has 2 aromatic rings. The van der Waals surface area contributed by atoms with Gasteiger partial charge in [0.05, 0.1) is 5.56 Å². The molecule has 1 atom stereocenters. The first-order valence-corrected chi connectivity index (χ1v) is 8.38. The van der Waals surface area contributed by atoms with Crippen molar-refractivity contribution < 1.29 is 13.2 Å². The fraction of sp³-hybridized carbons (Fsp3) is 0.368. The van der Waals surface area contributed by atoms with E-state index in [4.69, 9.17) is 5.26 Å². The van der Waals surface area contributed by atoms with E-state index < -0.39 is 11.7 Å². The first-order chi connectivity index (χ1) is 12.3. The molecule has 0 amide bonds. The van der Waals surface area contributed by atoms with Gasteiger partial charge in [0.15, 0.2) is 0 Å². The molecule has 7 heteroatoms. The highest BCUT2D eigenvalue weighted by Gasteiger charge is 2.30. The second-order valence-corrected chi connectivity index (χ2v) is 6.53. The van der Waals surface area contributed by atoms with E-state index in [1.807, 2.05) is 19.1 Å². The Morgan fingerprint density at radius 2 is 1.96 bits per heavy atom. The molecule has 1 fully saturated rings. The third kappa shape index (κ3) is 4.33. The fourth-order valence-corrected chi connectivity index (χ4v) is 3.08. The Morgan fingerprint density at radius 1 is 1.23 bits per heavy atom. The van der Waals surface area contributed by atoms with Gasteiger partial charge in [0.25, 0.3) is 0 Å². The van der Waals surface area contributed by atoms with Crippen LogP contribution in [0.4, 0.5) is 19.0 Å². The number of nitriles is 1. The van der Waals surface area contributed by atoms with Gasteiger partial charge in [-0.15, -0.1) is 0 Å². The summed E-state index contributed by atoms with van der Waals surface area (Å²) in [5, 5.41) is 12.4. The number of alkyl halides is 3. The van der Waals surface area contributed by atoms with Gasteiger partial charge in [0.2, 0.25) is 0 Å². The van der Waals surface area contributed by atoms with Gasteiger partial charge in [-0.3, -0.25) is 4.90 Å². The van der Waals surface area contributed by atoms with Gasteiger partial charge in [-0.1, -0.05) is 18.2 Å². The topological polar surface area (TPSA) is 52.0 Å². The molecule has 1 aromatic heterocycles. The van der Waals surface area contributed by atoms with Gasteiger partial charge in [-0.2, -0.15) is 18.4 Å².